The number of hydrogen-bond acceptors (Lipinski definition) is 3. The number of benzene rings is 2. The predicted octanol–water partition coefficient (Wildman–Crippen LogP) is 3.24. The first kappa shape index (κ1) is 18.9. The number of hydrogen-bond donors (Lipinski definition) is 1. The lowest BCUT2D eigenvalue weighted by atomic mass is 9.95. The number of fused-ring (bicyclic) bond motifs is 1. The van der Waals surface area contributed by atoms with Crippen LogP contribution >= 0.6 is 0 Å². The van der Waals surface area contributed by atoms with Crippen molar-refractivity contribution in [2.24, 2.45) is 7.05 Å². The molecule has 0 fully saturated rings. The fourth-order valence-corrected chi connectivity index (χ4v) is 3.93. The summed E-state index contributed by atoms with van der Waals surface area (Å²) in [6.45, 7) is 2.16. The normalized spacial score (nSPS) is 15.7. The summed E-state index contributed by atoms with van der Waals surface area (Å²) in [5.41, 5.74) is 4.43. The standard InChI is InChI=1S/C23H24N4O2/c1-16(28)27-13-12-20(18-10-6-7-11-21(18)27)25-23(29)19-15-24-26(2)22(19)14-17-8-4-3-5-9-17/h3-11,15,20H,12-14H2,1-2H3,(H,25,29). The number of para-hydroxylation sites is 1. The molecular weight excluding hydrogens is 364 g/mol. The fraction of sp³-hybridized carbons (Fsp3) is 0.261. The Labute approximate surface area is 170 Å². The third-order valence-electron chi connectivity index (χ3n) is 5.45. The molecule has 148 valence electrons. The first-order valence-corrected chi connectivity index (χ1v) is 9.77. The number of carbonyl (C=O) groups is 2. The van der Waals surface area contributed by atoms with Crippen LogP contribution in [0.2, 0.25) is 0 Å². The molecule has 1 unspecified atom stereocenters. The highest BCUT2D eigenvalue weighted by Crippen LogP contribution is 2.34. The second-order valence-electron chi connectivity index (χ2n) is 7.34. The van der Waals surface area contributed by atoms with Gasteiger partial charge in [-0.3, -0.25) is 14.3 Å². The Morgan fingerprint density at radius 1 is 1.10 bits per heavy atom. The highest BCUT2D eigenvalue weighted by molar-refractivity contribution is 5.96. The highest BCUT2D eigenvalue weighted by atomic mass is 16.2. The molecule has 0 saturated heterocycles. The van der Waals surface area contributed by atoms with Crippen molar-refractivity contribution in [3.05, 3.63) is 83.2 Å². The van der Waals surface area contributed by atoms with E-state index in [1.54, 1.807) is 22.7 Å². The SMILES string of the molecule is CC(=O)N1CCC(NC(=O)c2cnn(C)c2Cc2ccccc2)c2ccccc21. The van der Waals surface area contributed by atoms with E-state index in [-0.39, 0.29) is 17.9 Å². The van der Waals surface area contributed by atoms with Gasteiger partial charge in [0, 0.05) is 32.6 Å². The van der Waals surface area contributed by atoms with Gasteiger partial charge in [-0.05, 0) is 23.6 Å². The van der Waals surface area contributed by atoms with Crippen molar-refractivity contribution in [3.8, 4) is 0 Å². The molecule has 1 aromatic heterocycles. The minimum atomic E-state index is -0.140. The number of aryl methyl sites for hydroxylation is 1. The maximum atomic E-state index is 13.1. The lowest BCUT2D eigenvalue weighted by molar-refractivity contribution is -0.116. The number of anilines is 1. The topological polar surface area (TPSA) is 67.2 Å². The molecule has 1 aliphatic heterocycles. The number of nitrogens with zero attached hydrogens (tertiary/aromatic N) is 3. The number of carbonyl (C=O) groups excluding carboxylic acids is 2. The third kappa shape index (κ3) is 3.78. The van der Waals surface area contributed by atoms with Gasteiger partial charge in [-0.1, -0.05) is 48.5 Å². The molecule has 2 amide bonds. The Bertz CT molecular complexity index is 1040. The monoisotopic (exact) mass is 388 g/mol. The molecule has 0 bridgehead atoms. The van der Waals surface area contributed by atoms with Gasteiger partial charge < -0.3 is 10.2 Å². The van der Waals surface area contributed by atoms with E-state index in [1.807, 2.05) is 61.6 Å². The zero-order valence-electron chi connectivity index (χ0n) is 16.6. The van der Waals surface area contributed by atoms with Crippen molar-refractivity contribution < 1.29 is 9.59 Å². The maximum Gasteiger partial charge on any atom is 0.255 e. The Balaban J connectivity index is 1.58. The molecule has 1 atom stereocenters. The highest BCUT2D eigenvalue weighted by Gasteiger charge is 2.29. The van der Waals surface area contributed by atoms with Crippen molar-refractivity contribution >= 4 is 17.5 Å². The first-order valence-electron chi connectivity index (χ1n) is 9.77. The van der Waals surface area contributed by atoms with Crippen LogP contribution in [0.25, 0.3) is 0 Å². The number of rotatable bonds is 4. The fourth-order valence-electron chi connectivity index (χ4n) is 3.93. The van der Waals surface area contributed by atoms with Gasteiger partial charge in [0.1, 0.15) is 0 Å². The molecular formula is C23H24N4O2. The number of aromatic nitrogens is 2. The summed E-state index contributed by atoms with van der Waals surface area (Å²) in [7, 11) is 1.86. The van der Waals surface area contributed by atoms with Crippen LogP contribution in [0.3, 0.4) is 0 Å². The minimum Gasteiger partial charge on any atom is -0.345 e. The summed E-state index contributed by atoms with van der Waals surface area (Å²) in [5.74, 6) is -0.125. The number of amides is 2. The summed E-state index contributed by atoms with van der Waals surface area (Å²) in [6, 6.07) is 17.7. The van der Waals surface area contributed by atoms with Crippen LogP contribution in [0.5, 0.6) is 0 Å². The molecule has 0 radical (unpaired) electrons. The van der Waals surface area contributed by atoms with Crippen molar-refractivity contribution in [2.45, 2.75) is 25.8 Å². The molecule has 4 rings (SSSR count). The lowest BCUT2D eigenvalue weighted by Crippen LogP contribution is -2.40. The van der Waals surface area contributed by atoms with Gasteiger partial charge in [-0.15, -0.1) is 0 Å². The summed E-state index contributed by atoms with van der Waals surface area (Å²) in [5, 5.41) is 7.47. The van der Waals surface area contributed by atoms with Crippen LogP contribution in [0.15, 0.2) is 60.8 Å². The molecule has 3 aromatic rings. The van der Waals surface area contributed by atoms with Crippen molar-refractivity contribution in [1.29, 1.82) is 0 Å². The van der Waals surface area contributed by atoms with Crippen molar-refractivity contribution in [3.63, 3.8) is 0 Å². The molecule has 1 N–H and O–H groups in total. The van der Waals surface area contributed by atoms with E-state index in [9.17, 15) is 9.59 Å². The van der Waals surface area contributed by atoms with Crippen LogP contribution in [-0.2, 0) is 18.3 Å². The Morgan fingerprint density at radius 3 is 2.59 bits per heavy atom. The van der Waals surface area contributed by atoms with E-state index in [0.29, 0.717) is 24.9 Å². The Morgan fingerprint density at radius 2 is 1.83 bits per heavy atom. The summed E-state index contributed by atoms with van der Waals surface area (Å²) < 4.78 is 1.76. The first-order chi connectivity index (χ1) is 14.0. The van der Waals surface area contributed by atoms with Crippen molar-refractivity contribution in [2.75, 3.05) is 11.4 Å². The van der Waals surface area contributed by atoms with Gasteiger partial charge >= 0.3 is 0 Å². The molecule has 29 heavy (non-hydrogen) atoms. The van der Waals surface area contributed by atoms with Crippen molar-refractivity contribution in [1.82, 2.24) is 15.1 Å². The lowest BCUT2D eigenvalue weighted by Gasteiger charge is -2.34. The summed E-state index contributed by atoms with van der Waals surface area (Å²) in [4.78, 5) is 26.8. The minimum absolute atomic E-state index is 0.0135. The second-order valence-corrected chi connectivity index (χ2v) is 7.34. The largest absolute Gasteiger partial charge is 0.345 e. The summed E-state index contributed by atoms with van der Waals surface area (Å²) in [6.07, 6.45) is 2.94. The molecule has 0 spiro atoms. The second kappa shape index (κ2) is 7.91. The van der Waals surface area contributed by atoms with Crippen LogP contribution < -0.4 is 10.2 Å². The van der Waals surface area contributed by atoms with Gasteiger partial charge in [0.25, 0.3) is 5.91 Å². The molecule has 6 nitrogen and oxygen atoms in total. The predicted molar refractivity (Wildman–Crippen MR) is 112 cm³/mol. The average molecular weight is 388 g/mol. The maximum absolute atomic E-state index is 13.1. The van der Waals surface area contributed by atoms with E-state index in [0.717, 1.165) is 22.5 Å². The average Bonchev–Trinajstić information content (AvgIpc) is 3.09. The van der Waals surface area contributed by atoms with E-state index >= 15 is 0 Å². The van der Waals surface area contributed by atoms with Crippen LogP contribution in [0.1, 0.15) is 46.6 Å². The van der Waals surface area contributed by atoms with Gasteiger partial charge in [0.15, 0.2) is 0 Å². The molecule has 1 aliphatic rings. The quantitative estimate of drug-likeness (QED) is 0.746. The van der Waals surface area contributed by atoms with Gasteiger partial charge in [-0.25, -0.2) is 0 Å². The van der Waals surface area contributed by atoms with Crippen LogP contribution in [-0.4, -0.2) is 28.1 Å². The van der Waals surface area contributed by atoms with Gasteiger partial charge in [-0.2, -0.15) is 5.10 Å². The summed E-state index contributed by atoms with van der Waals surface area (Å²) >= 11 is 0. The number of nitrogens with one attached hydrogen (secondary N) is 1. The molecule has 0 aliphatic carbocycles. The van der Waals surface area contributed by atoms with E-state index < -0.39 is 0 Å². The Hall–Kier alpha value is -3.41. The molecule has 0 saturated carbocycles. The van der Waals surface area contributed by atoms with E-state index in [4.69, 9.17) is 0 Å². The third-order valence-corrected chi connectivity index (χ3v) is 5.45. The Kier molecular flexibility index (Phi) is 5.16. The van der Waals surface area contributed by atoms with E-state index in [1.165, 1.54) is 0 Å². The van der Waals surface area contributed by atoms with Crippen LogP contribution in [0.4, 0.5) is 5.69 Å². The van der Waals surface area contributed by atoms with Gasteiger partial charge in [0.05, 0.1) is 23.5 Å². The smallest absolute Gasteiger partial charge is 0.255 e. The zero-order valence-corrected chi connectivity index (χ0v) is 16.6. The van der Waals surface area contributed by atoms with E-state index in [2.05, 4.69) is 10.4 Å². The molecule has 6 heteroatoms. The van der Waals surface area contributed by atoms with Crippen LogP contribution in [0, 0.1) is 0 Å². The molecule has 2 heterocycles. The van der Waals surface area contributed by atoms with Gasteiger partial charge in [0.2, 0.25) is 5.91 Å². The zero-order chi connectivity index (χ0) is 20.4. The molecule has 2 aromatic carbocycles.